The molecule has 0 aliphatic heterocycles. The molecule has 0 aliphatic carbocycles. The van der Waals surface area contributed by atoms with Gasteiger partial charge in [0.1, 0.15) is 0 Å². The summed E-state index contributed by atoms with van der Waals surface area (Å²) in [5.41, 5.74) is 3.43. The van der Waals surface area contributed by atoms with Gasteiger partial charge in [-0.2, -0.15) is 5.10 Å². The number of amides is 2. The molecular formula is C19H20BrN3O5. The molecule has 0 saturated carbocycles. The SMILES string of the molecule is COc1cc(C(=O)NCC(=O)N/N=C\c2cccc(Br)c2)cc(OC)c1OC. The summed E-state index contributed by atoms with van der Waals surface area (Å²) >= 11 is 3.35. The molecular weight excluding hydrogens is 430 g/mol. The van der Waals surface area contributed by atoms with E-state index in [9.17, 15) is 9.59 Å². The van der Waals surface area contributed by atoms with Crippen molar-refractivity contribution < 1.29 is 23.8 Å². The molecule has 2 amide bonds. The van der Waals surface area contributed by atoms with E-state index in [0.717, 1.165) is 10.0 Å². The molecule has 0 unspecified atom stereocenters. The van der Waals surface area contributed by atoms with Gasteiger partial charge in [-0.05, 0) is 29.8 Å². The van der Waals surface area contributed by atoms with Gasteiger partial charge in [0.05, 0.1) is 34.1 Å². The highest BCUT2D eigenvalue weighted by atomic mass is 79.9. The highest BCUT2D eigenvalue weighted by Crippen LogP contribution is 2.38. The Morgan fingerprint density at radius 1 is 1.07 bits per heavy atom. The van der Waals surface area contributed by atoms with E-state index in [-0.39, 0.29) is 12.1 Å². The fraction of sp³-hybridized carbons (Fsp3) is 0.211. The summed E-state index contributed by atoms with van der Waals surface area (Å²) in [6.45, 7) is -0.245. The molecule has 0 aliphatic rings. The predicted octanol–water partition coefficient (Wildman–Crippen LogP) is 2.36. The van der Waals surface area contributed by atoms with Crippen LogP contribution >= 0.6 is 15.9 Å². The first-order chi connectivity index (χ1) is 13.5. The number of hydrogen-bond acceptors (Lipinski definition) is 6. The second-order valence-electron chi connectivity index (χ2n) is 5.44. The zero-order valence-corrected chi connectivity index (χ0v) is 17.2. The number of nitrogens with zero attached hydrogens (tertiary/aromatic N) is 1. The molecule has 0 fully saturated rings. The van der Waals surface area contributed by atoms with Crippen molar-refractivity contribution in [1.29, 1.82) is 0 Å². The van der Waals surface area contributed by atoms with E-state index >= 15 is 0 Å². The molecule has 0 saturated heterocycles. The minimum Gasteiger partial charge on any atom is -0.493 e. The van der Waals surface area contributed by atoms with Gasteiger partial charge in [0.15, 0.2) is 11.5 Å². The quantitative estimate of drug-likeness (QED) is 0.476. The van der Waals surface area contributed by atoms with Gasteiger partial charge in [0, 0.05) is 10.0 Å². The van der Waals surface area contributed by atoms with Crippen molar-refractivity contribution in [2.75, 3.05) is 27.9 Å². The summed E-state index contributed by atoms with van der Waals surface area (Å²) in [6, 6.07) is 10.4. The molecule has 0 bridgehead atoms. The van der Waals surface area contributed by atoms with E-state index < -0.39 is 11.8 Å². The van der Waals surface area contributed by atoms with Gasteiger partial charge in [-0.15, -0.1) is 0 Å². The van der Waals surface area contributed by atoms with Crippen LogP contribution in [0.5, 0.6) is 17.2 Å². The molecule has 2 aromatic rings. The predicted molar refractivity (Wildman–Crippen MR) is 108 cm³/mol. The number of carbonyl (C=O) groups excluding carboxylic acids is 2. The van der Waals surface area contributed by atoms with Gasteiger partial charge in [0.2, 0.25) is 5.75 Å². The zero-order chi connectivity index (χ0) is 20.5. The molecule has 148 valence electrons. The van der Waals surface area contributed by atoms with Crippen molar-refractivity contribution in [3.8, 4) is 17.2 Å². The van der Waals surface area contributed by atoms with E-state index in [1.165, 1.54) is 39.7 Å². The van der Waals surface area contributed by atoms with Gasteiger partial charge in [-0.1, -0.05) is 28.1 Å². The van der Waals surface area contributed by atoms with Gasteiger partial charge in [-0.25, -0.2) is 5.43 Å². The number of carbonyl (C=O) groups is 2. The molecule has 2 N–H and O–H groups in total. The molecule has 0 heterocycles. The van der Waals surface area contributed by atoms with E-state index in [4.69, 9.17) is 14.2 Å². The number of ether oxygens (including phenoxy) is 3. The van der Waals surface area contributed by atoms with Crippen molar-refractivity contribution in [3.63, 3.8) is 0 Å². The average molecular weight is 450 g/mol. The van der Waals surface area contributed by atoms with Crippen LogP contribution in [0.15, 0.2) is 46.0 Å². The fourth-order valence-corrected chi connectivity index (χ4v) is 2.70. The number of halogens is 1. The maximum atomic E-state index is 12.3. The van der Waals surface area contributed by atoms with E-state index in [2.05, 4.69) is 31.8 Å². The van der Waals surface area contributed by atoms with Crippen molar-refractivity contribution in [2.45, 2.75) is 0 Å². The average Bonchev–Trinajstić information content (AvgIpc) is 2.70. The summed E-state index contributed by atoms with van der Waals surface area (Å²) in [6.07, 6.45) is 1.50. The second kappa shape index (κ2) is 10.3. The van der Waals surface area contributed by atoms with E-state index in [1.54, 1.807) is 0 Å². The number of nitrogens with one attached hydrogen (secondary N) is 2. The first-order valence-electron chi connectivity index (χ1n) is 8.14. The van der Waals surface area contributed by atoms with Crippen molar-refractivity contribution in [3.05, 3.63) is 52.0 Å². The lowest BCUT2D eigenvalue weighted by molar-refractivity contribution is -0.120. The third-order valence-electron chi connectivity index (χ3n) is 3.59. The third kappa shape index (κ3) is 5.71. The maximum Gasteiger partial charge on any atom is 0.259 e. The Morgan fingerprint density at radius 3 is 2.32 bits per heavy atom. The number of benzene rings is 2. The lowest BCUT2D eigenvalue weighted by atomic mass is 10.1. The normalized spacial score (nSPS) is 10.4. The van der Waals surface area contributed by atoms with Crippen LogP contribution in [0.1, 0.15) is 15.9 Å². The molecule has 9 heteroatoms. The van der Waals surface area contributed by atoms with Crippen LogP contribution in [0.4, 0.5) is 0 Å². The van der Waals surface area contributed by atoms with Crippen molar-refractivity contribution >= 4 is 34.0 Å². The first-order valence-corrected chi connectivity index (χ1v) is 8.93. The molecule has 8 nitrogen and oxygen atoms in total. The van der Waals surface area contributed by atoms with Crippen molar-refractivity contribution in [2.24, 2.45) is 5.10 Å². The Balaban J connectivity index is 1.95. The zero-order valence-electron chi connectivity index (χ0n) is 15.6. The minimum absolute atomic E-state index is 0.245. The minimum atomic E-state index is -0.467. The van der Waals surface area contributed by atoms with E-state index in [1.807, 2.05) is 24.3 Å². The van der Waals surface area contributed by atoms with Crippen LogP contribution in [0, 0.1) is 0 Å². The Bertz CT molecular complexity index is 861. The van der Waals surface area contributed by atoms with Crippen LogP contribution < -0.4 is 25.0 Å². The fourth-order valence-electron chi connectivity index (χ4n) is 2.28. The van der Waals surface area contributed by atoms with Crippen LogP contribution in [-0.2, 0) is 4.79 Å². The number of hydrazone groups is 1. The van der Waals surface area contributed by atoms with Crippen LogP contribution in [0.3, 0.4) is 0 Å². The molecule has 0 radical (unpaired) electrons. The monoisotopic (exact) mass is 449 g/mol. The number of methoxy groups -OCH3 is 3. The Kier molecular flexibility index (Phi) is 7.82. The van der Waals surface area contributed by atoms with E-state index in [0.29, 0.717) is 17.2 Å². The molecule has 2 rings (SSSR count). The summed E-state index contributed by atoms with van der Waals surface area (Å²) in [5, 5.41) is 6.37. The lowest BCUT2D eigenvalue weighted by Crippen LogP contribution is -2.34. The highest BCUT2D eigenvalue weighted by molar-refractivity contribution is 9.10. The standard InChI is InChI=1S/C19H20BrN3O5/c1-26-15-8-13(9-16(27-2)18(15)28-3)19(25)21-11-17(24)23-22-10-12-5-4-6-14(20)7-12/h4-10H,11H2,1-3H3,(H,21,25)(H,23,24)/b22-10-. The third-order valence-corrected chi connectivity index (χ3v) is 4.08. The Morgan fingerprint density at radius 2 is 1.75 bits per heavy atom. The number of hydrogen-bond donors (Lipinski definition) is 2. The van der Waals surface area contributed by atoms with Crippen molar-refractivity contribution in [1.82, 2.24) is 10.7 Å². The summed E-state index contributed by atoms with van der Waals surface area (Å²) in [4.78, 5) is 24.2. The summed E-state index contributed by atoms with van der Waals surface area (Å²) in [5.74, 6) is 0.128. The Hall–Kier alpha value is -3.07. The largest absolute Gasteiger partial charge is 0.493 e. The topological polar surface area (TPSA) is 98.2 Å². The van der Waals surface area contributed by atoms with Crippen LogP contribution in [0.2, 0.25) is 0 Å². The lowest BCUT2D eigenvalue weighted by Gasteiger charge is -2.14. The van der Waals surface area contributed by atoms with Gasteiger partial charge in [0.25, 0.3) is 11.8 Å². The molecule has 0 spiro atoms. The molecule has 28 heavy (non-hydrogen) atoms. The van der Waals surface area contributed by atoms with Gasteiger partial charge >= 0.3 is 0 Å². The van der Waals surface area contributed by atoms with Gasteiger partial charge < -0.3 is 19.5 Å². The first kappa shape index (κ1) is 21.2. The second-order valence-corrected chi connectivity index (χ2v) is 6.36. The molecule has 0 aromatic heterocycles. The van der Waals surface area contributed by atoms with Crippen LogP contribution in [-0.4, -0.2) is 45.9 Å². The van der Waals surface area contributed by atoms with Gasteiger partial charge in [-0.3, -0.25) is 9.59 Å². The maximum absolute atomic E-state index is 12.3. The highest BCUT2D eigenvalue weighted by Gasteiger charge is 2.17. The Labute approximate surface area is 171 Å². The van der Waals surface area contributed by atoms with Crippen LogP contribution in [0.25, 0.3) is 0 Å². The summed E-state index contributed by atoms with van der Waals surface area (Å²) < 4.78 is 16.5. The molecule has 2 aromatic carbocycles. The number of rotatable bonds is 8. The smallest absolute Gasteiger partial charge is 0.259 e. The molecule has 0 atom stereocenters. The summed E-state index contributed by atoms with van der Waals surface area (Å²) in [7, 11) is 4.38.